The van der Waals surface area contributed by atoms with Crippen molar-refractivity contribution in [1.82, 2.24) is 0 Å². The van der Waals surface area contributed by atoms with Crippen LogP contribution in [0.3, 0.4) is 0 Å². The van der Waals surface area contributed by atoms with Gasteiger partial charge >= 0.3 is 0 Å². The molecular formula is C13H18N2O3. The maximum atomic E-state index is 12.1. The number of hydrogen-bond acceptors (Lipinski definition) is 4. The molecule has 0 aromatic heterocycles. The molecule has 98 valence electrons. The number of hydrogen-bond donors (Lipinski definition) is 2. The molecule has 0 spiro atoms. The Bertz CT molecular complexity index is 428. The third-order valence-electron chi connectivity index (χ3n) is 2.94. The summed E-state index contributed by atoms with van der Waals surface area (Å²) >= 11 is 0. The Morgan fingerprint density at radius 3 is 3.00 bits per heavy atom. The third kappa shape index (κ3) is 2.63. The maximum absolute atomic E-state index is 12.1. The van der Waals surface area contributed by atoms with E-state index in [0.29, 0.717) is 31.1 Å². The number of carbonyl (C=O) groups is 1. The molecule has 0 saturated carbocycles. The van der Waals surface area contributed by atoms with Crippen LogP contribution in [0.1, 0.15) is 13.3 Å². The van der Waals surface area contributed by atoms with Crippen LogP contribution in [0.2, 0.25) is 0 Å². The van der Waals surface area contributed by atoms with Gasteiger partial charge in [-0.3, -0.25) is 4.79 Å². The molecule has 5 nitrogen and oxygen atoms in total. The topological polar surface area (TPSA) is 73.6 Å². The Morgan fingerprint density at radius 2 is 2.33 bits per heavy atom. The number of nitrogens with one attached hydrogen (secondary N) is 1. The number of rotatable bonds is 4. The van der Waals surface area contributed by atoms with Crippen molar-refractivity contribution in [3.63, 3.8) is 0 Å². The number of para-hydroxylation sites is 2. The van der Waals surface area contributed by atoms with Gasteiger partial charge in [0.15, 0.2) is 0 Å². The lowest BCUT2D eigenvalue weighted by Gasteiger charge is -2.21. The number of ether oxygens (including phenoxy) is 2. The fourth-order valence-electron chi connectivity index (χ4n) is 1.86. The number of nitrogens with two attached hydrogens (primary N) is 1. The zero-order chi connectivity index (χ0) is 13.0. The molecule has 2 rings (SSSR count). The SMILES string of the molecule is CCOc1ccccc1NC(=O)C1(N)CCOC1. The molecule has 5 heteroatoms. The van der Waals surface area contributed by atoms with Gasteiger partial charge in [0, 0.05) is 6.61 Å². The monoisotopic (exact) mass is 250 g/mol. The van der Waals surface area contributed by atoms with E-state index in [1.165, 1.54) is 0 Å². The summed E-state index contributed by atoms with van der Waals surface area (Å²) in [6.07, 6.45) is 0.537. The van der Waals surface area contributed by atoms with Gasteiger partial charge in [0.05, 0.1) is 18.9 Å². The molecule has 1 fully saturated rings. The molecule has 1 aliphatic rings. The van der Waals surface area contributed by atoms with E-state index >= 15 is 0 Å². The minimum Gasteiger partial charge on any atom is -0.492 e. The molecule has 1 amide bonds. The van der Waals surface area contributed by atoms with Gasteiger partial charge in [-0.2, -0.15) is 0 Å². The number of carbonyl (C=O) groups excluding carboxylic acids is 1. The summed E-state index contributed by atoms with van der Waals surface area (Å²) in [5.74, 6) is 0.419. The Hall–Kier alpha value is -1.59. The highest BCUT2D eigenvalue weighted by Gasteiger charge is 2.38. The lowest BCUT2D eigenvalue weighted by atomic mass is 9.99. The molecule has 1 aliphatic heterocycles. The second-order valence-electron chi connectivity index (χ2n) is 4.34. The molecule has 1 atom stereocenters. The Balaban J connectivity index is 2.11. The van der Waals surface area contributed by atoms with Gasteiger partial charge < -0.3 is 20.5 Å². The van der Waals surface area contributed by atoms with E-state index in [2.05, 4.69) is 5.32 Å². The van der Waals surface area contributed by atoms with Crippen LogP contribution in [-0.4, -0.2) is 31.3 Å². The van der Waals surface area contributed by atoms with Crippen molar-refractivity contribution in [3.8, 4) is 5.75 Å². The first-order valence-corrected chi connectivity index (χ1v) is 6.05. The van der Waals surface area contributed by atoms with Gasteiger partial charge in [0.25, 0.3) is 0 Å². The predicted molar refractivity (Wildman–Crippen MR) is 68.6 cm³/mol. The first kappa shape index (κ1) is 12.9. The van der Waals surface area contributed by atoms with Crippen molar-refractivity contribution in [1.29, 1.82) is 0 Å². The second kappa shape index (κ2) is 5.37. The fraction of sp³-hybridized carbons (Fsp3) is 0.462. The minimum absolute atomic E-state index is 0.229. The normalized spacial score (nSPS) is 22.8. The van der Waals surface area contributed by atoms with Crippen LogP contribution < -0.4 is 15.8 Å². The van der Waals surface area contributed by atoms with Gasteiger partial charge in [-0.1, -0.05) is 12.1 Å². The van der Waals surface area contributed by atoms with Crippen molar-refractivity contribution in [2.75, 3.05) is 25.1 Å². The van der Waals surface area contributed by atoms with E-state index in [4.69, 9.17) is 15.2 Å². The molecule has 0 radical (unpaired) electrons. The molecule has 1 unspecified atom stereocenters. The first-order chi connectivity index (χ1) is 8.65. The molecule has 1 aromatic rings. The van der Waals surface area contributed by atoms with Gasteiger partial charge in [0.1, 0.15) is 11.3 Å². The van der Waals surface area contributed by atoms with E-state index in [0.717, 1.165) is 0 Å². The smallest absolute Gasteiger partial charge is 0.247 e. The lowest BCUT2D eigenvalue weighted by molar-refractivity contribution is -0.121. The van der Waals surface area contributed by atoms with Crippen LogP contribution in [0.5, 0.6) is 5.75 Å². The average Bonchev–Trinajstić information content (AvgIpc) is 2.80. The van der Waals surface area contributed by atoms with Crippen molar-refractivity contribution in [2.24, 2.45) is 5.73 Å². The van der Waals surface area contributed by atoms with E-state index in [-0.39, 0.29) is 12.5 Å². The Kier molecular flexibility index (Phi) is 3.84. The summed E-state index contributed by atoms with van der Waals surface area (Å²) in [6, 6.07) is 7.31. The summed E-state index contributed by atoms with van der Waals surface area (Å²) < 4.78 is 10.6. The lowest BCUT2D eigenvalue weighted by Crippen LogP contribution is -2.51. The van der Waals surface area contributed by atoms with Gasteiger partial charge in [-0.25, -0.2) is 0 Å². The summed E-state index contributed by atoms with van der Waals surface area (Å²) in [5, 5.41) is 2.81. The third-order valence-corrected chi connectivity index (χ3v) is 2.94. The standard InChI is InChI=1S/C13H18N2O3/c1-2-18-11-6-4-3-5-10(11)15-12(16)13(14)7-8-17-9-13/h3-6H,2,7-9,14H2,1H3,(H,15,16). The molecular weight excluding hydrogens is 232 g/mol. The van der Waals surface area contributed by atoms with Gasteiger partial charge in [-0.05, 0) is 25.5 Å². The van der Waals surface area contributed by atoms with Crippen LogP contribution in [-0.2, 0) is 9.53 Å². The van der Waals surface area contributed by atoms with Gasteiger partial charge in [0.2, 0.25) is 5.91 Å². The highest BCUT2D eigenvalue weighted by atomic mass is 16.5. The van der Waals surface area contributed by atoms with Crippen LogP contribution in [0.4, 0.5) is 5.69 Å². The van der Waals surface area contributed by atoms with Crippen LogP contribution >= 0.6 is 0 Å². The summed E-state index contributed by atoms with van der Waals surface area (Å²) in [6.45, 7) is 3.23. The fourth-order valence-corrected chi connectivity index (χ4v) is 1.86. The maximum Gasteiger partial charge on any atom is 0.247 e. The Morgan fingerprint density at radius 1 is 1.56 bits per heavy atom. The van der Waals surface area contributed by atoms with Gasteiger partial charge in [-0.15, -0.1) is 0 Å². The Labute approximate surface area is 106 Å². The largest absolute Gasteiger partial charge is 0.492 e. The van der Waals surface area contributed by atoms with E-state index < -0.39 is 5.54 Å². The zero-order valence-corrected chi connectivity index (χ0v) is 10.4. The molecule has 1 saturated heterocycles. The zero-order valence-electron chi connectivity index (χ0n) is 10.4. The van der Waals surface area contributed by atoms with E-state index in [1.54, 1.807) is 6.07 Å². The first-order valence-electron chi connectivity index (χ1n) is 6.05. The van der Waals surface area contributed by atoms with Crippen molar-refractivity contribution in [3.05, 3.63) is 24.3 Å². The van der Waals surface area contributed by atoms with Crippen LogP contribution in [0, 0.1) is 0 Å². The van der Waals surface area contributed by atoms with Crippen molar-refractivity contribution >= 4 is 11.6 Å². The number of amides is 1. The average molecular weight is 250 g/mol. The van der Waals surface area contributed by atoms with Crippen molar-refractivity contribution in [2.45, 2.75) is 18.9 Å². The number of benzene rings is 1. The molecule has 0 aliphatic carbocycles. The predicted octanol–water partition coefficient (Wildman–Crippen LogP) is 1.14. The summed E-state index contributed by atoms with van der Waals surface area (Å²) in [4.78, 5) is 12.1. The highest BCUT2D eigenvalue weighted by molar-refractivity contribution is 5.99. The summed E-state index contributed by atoms with van der Waals surface area (Å²) in [7, 11) is 0. The summed E-state index contributed by atoms with van der Waals surface area (Å²) in [5.41, 5.74) is 5.71. The highest BCUT2D eigenvalue weighted by Crippen LogP contribution is 2.25. The molecule has 1 heterocycles. The molecule has 0 bridgehead atoms. The second-order valence-corrected chi connectivity index (χ2v) is 4.34. The van der Waals surface area contributed by atoms with Crippen LogP contribution in [0.25, 0.3) is 0 Å². The van der Waals surface area contributed by atoms with Crippen LogP contribution in [0.15, 0.2) is 24.3 Å². The van der Waals surface area contributed by atoms with E-state index in [9.17, 15) is 4.79 Å². The quantitative estimate of drug-likeness (QED) is 0.840. The molecule has 18 heavy (non-hydrogen) atoms. The molecule has 3 N–H and O–H groups in total. The minimum atomic E-state index is -0.931. The van der Waals surface area contributed by atoms with E-state index in [1.807, 2.05) is 25.1 Å². The number of anilines is 1. The van der Waals surface area contributed by atoms with Crippen molar-refractivity contribution < 1.29 is 14.3 Å². The molecule has 1 aromatic carbocycles.